The van der Waals surface area contributed by atoms with Gasteiger partial charge in [-0.25, -0.2) is 8.78 Å². The zero-order valence-corrected chi connectivity index (χ0v) is 30.2. The van der Waals surface area contributed by atoms with Crippen molar-refractivity contribution in [3.63, 3.8) is 0 Å². The molecule has 270 valence electrons. The summed E-state index contributed by atoms with van der Waals surface area (Å²) in [5.41, 5.74) is 12.3. The van der Waals surface area contributed by atoms with Gasteiger partial charge in [0, 0.05) is 29.4 Å². The molecular formula is C38H39ClF2N8O2S. The number of hydrogen-bond donors (Lipinski definition) is 2. The van der Waals surface area contributed by atoms with E-state index in [1.165, 1.54) is 12.1 Å². The van der Waals surface area contributed by atoms with Crippen molar-refractivity contribution in [1.82, 2.24) is 19.8 Å². The maximum absolute atomic E-state index is 17.2. The first kappa shape index (κ1) is 32.8. The van der Waals surface area contributed by atoms with Crippen molar-refractivity contribution in [3.8, 4) is 23.2 Å². The number of likely N-dealkylation sites (tertiary alicyclic amines) is 1. The van der Waals surface area contributed by atoms with Gasteiger partial charge in [-0.1, -0.05) is 17.7 Å². The van der Waals surface area contributed by atoms with Crippen LogP contribution in [-0.2, 0) is 4.79 Å². The molecule has 10 rings (SSSR count). The SMILES string of the molecule is N#Cc1c(N)sc2c(F)ccc(-c3c(Cl)cc4c(N5CCC6C5CCN6C(=O)[C@]5(N)C[C@H]5C5CC5)nc(OCC56CCCN5CCC6)nc4c3F)c12. The van der Waals surface area contributed by atoms with Gasteiger partial charge in [0.15, 0.2) is 5.82 Å². The predicted octanol–water partition coefficient (Wildman–Crippen LogP) is 6.21. The first-order valence-electron chi connectivity index (χ1n) is 18.5. The van der Waals surface area contributed by atoms with Crippen molar-refractivity contribution in [2.24, 2.45) is 17.6 Å². The van der Waals surface area contributed by atoms with Gasteiger partial charge in [-0.05, 0) is 100 Å². The fourth-order valence-electron chi connectivity index (χ4n) is 10.3. The fraction of sp³-hybridized carbons (Fsp3) is 0.526. The number of benzene rings is 2. The van der Waals surface area contributed by atoms with Gasteiger partial charge in [-0.3, -0.25) is 9.69 Å². The number of carbonyl (C=O) groups is 1. The number of ether oxygens (including phenoxy) is 1. The summed E-state index contributed by atoms with van der Waals surface area (Å²) < 4.78 is 38.8. The third-order valence-corrected chi connectivity index (χ3v) is 14.4. The number of rotatable bonds is 7. The Morgan fingerprint density at radius 2 is 1.87 bits per heavy atom. The molecule has 4 saturated heterocycles. The molecule has 1 amide bonds. The molecule has 2 aromatic heterocycles. The van der Waals surface area contributed by atoms with Crippen molar-refractivity contribution in [1.29, 1.82) is 5.26 Å². The van der Waals surface area contributed by atoms with E-state index in [4.69, 9.17) is 37.8 Å². The molecule has 2 unspecified atom stereocenters. The molecule has 0 bridgehead atoms. The molecule has 4 N–H and O–H groups in total. The van der Waals surface area contributed by atoms with Gasteiger partial charge in [0.2, 0.25) is 5.91 Å². The van der Waals surface area contributed by atoms with Crippen molar-refractivity contribution >= 4 is 60.7 Å². The molecule has 6 fully saturated rings. The van der Waals surface area contributed by atoms with Crippen LogP contribution in [-0.4, -0.2) is 81.6 Å². The van der Waals surface area contributed by atoms with Crippen molar-refractivity contribution in [2.75, 3.05) is 43.4 Å². The van der Waals surface area contributed by atoms with Crippen LogP contribution in [0.15, 0.2) is 18.2 Å². The number of thiophene rings is 1. The van der Waals surface area contributed by atoms with Crippen molar-refractivity contribution < 1.29 is 18.3 Å². The standard InChI is InChI=1S/C38H39ClF2N8O2S/c39-24-15-21-31(30(41)29(24)20-5-6-25(40)32-28(20)22(17-42)33(43)52-32)45-36(51-18-37-9-1-11-47(37)12-2-10-37)46-34(21)48-13-7-27-26(48)8-14-49(27)35(50)38(44)16-23(38)19-3-4-19/h5-6,15,19,23,26-27H,1-4,7-14,16,18,43-44H2/t23-,26?,27?,38-/m0/s1. The number of halogens is 3. The summed E-state index contributed by atoms with van der Waals surface area (Å²) in [5, 5.41) is 10.8. The van der Waals surface area contributed by atoms with Crippen molar-refractivity contribution in [2.45, 2.75) is 80.9 Å². The van der Waals surface area contributed by atoms with Gasteiger partial charge in [-0.15, -0.1) is 11.3 Å². The summed E-state index contributed by atoms with van der Waals surface area (Å²) in [6, 6.07) is 6.39. The molecule has 6 aliphatic rings. The van der Waals surface area contributed by atoms with E-state index in [2.05, 4.69) is 15.9 Å². The number of carbonyl (C=O) groups excluding carboxylic acids is 1. The van der Waals surface area contributed by atoms with Gasteiger partial charge >= 0.3 is 6.01 Å². The maximum atomic E-state index is 17.2. The lowest BCUT2D eigenvalue weighted by molar-refractivity contribution is -0.134. The number of hydrogen-bond acceptors (Lipinski definition) is 10. The number of fused-ring (bicyclic) bond motifs is 4. The van der Waals surface area contributed by atoms with Crippen LogP contribution in [0.25, 0.3) is 32.1 Å². The van der Waals surface area contributed by atoms with Crippen LogP contribution in [0.4, 0.5) is 19.6 Å². The van der Waals surface area contributed by atoms with E-state index >= 15 is 8.78 Å². The number of amides is 1. The summed E-state index contributed by atoms with van der Waals surface area (Å²) in [6.45, 7) is 3.67. The van der Waals surface area contributed by atoms with E-state index in [0.29, 0.717) is 36.8 Å². The lowest BCUT2D eigenvalue weighted by atomic mass is 9.95. The van der Waals surface area contributed by atoms with Crippen LogP contribution < -0.4 is 21.1 Å². The number of aromatic nitrogens is 2. The minimum absolute atomic E-state index is 0.000234. The predicted molar refractivity (Wildman–Crippen MR) is 196 cm³/mol. The molecule has 0 radical (unpaired) electrons. The van der Waals surface area contributed by atoms with E-state index in [1.54, 1.807) is 6.07 Å². The van der Waals surface area contributed by atoms with Gasteiger partial charge in [-0.2, -0.15) is 15.2 Å². The van der Waals surface area contributed by atoms with E-state index in [9.17, 15) is 10.1 Å². The third kappa shape index (κ3) is 4.73. The lowest BCUT2D eigenvalue weighted by Crippen LogP contribution is -2.50. The normalized spacial score (nSPS) is 27.8. The van der Waals surface area contributed by atoms with E-state index in [-0.39, 0.29) is 77.8 Å². The first-order chi connectivity index (χ1) is 25.1. The molecule has 4 aromatic rings. The molecule has 2 aromatic carbocycles. The molecular weight excluding hydrogens is 706 g/mol. The number of anilines is 2. The molecule has 2 saturated carbocycles. The summed E-state index contributed by atoms with van der Waals surface area (Å²) in [5.74, 6) is 0.157. The van der Waals surface area contributed by atoms with Gasteiger partial charge in [0.1, 0.15) is 34.8 Å². The number of nitriles is 1. The fourth-order valence-corrected chi connectivity index (χ4v) is 11.5. The summed E-state index contributed by atoms with van der Waals surface area (Å²) in [7, 11) is 0. The van der Waals surface area contributed by atoms with Gasteiger partial charge in [0.25, 0.3) is 0 Å². The Morgan fingerprint density at radius 1 is 1.10 bits per heavy atom. The van der Waals surface area contributed by atoms with E-state index in [0.717, 1.165) is 82.2 Å². The van der Waals surface area contributed by atoms with Crippen LogP contribution in [0, 0.1) is 34.8 Å². The Balaban J connectivity index is 1.07. The number of nitrogens with two attached hydrogens (primary N) is 2. The van der Waals surface area contributed by atoms with Gasteiger partial charge in [0.05, 0.1) is 38.4 Å². The summed E-state index contributed by atoms with van der Waals surface area (Å²) in [6.07, 6.45) is 8.81. The molecule has 4 atom stereocenters. The monoisotopic (exact) mass is 744 g/mol. The largest absolute Gasteiger partial charge is 0.461 e. The Morgan fingerprint density at radius 3 is 2.62 bits per heavy atom. The molecule has 4 aliphatic heterocycles. The number of nitrogens with zero attached hydrogens (tertiary/aromatic N) is 6. The average molecular weight is 745 g/mol. The van der Waals surface area contributed by atoms with E-state index in [1.807, 2.05) is 4.90 Å². The topological polar surface area (TPSA) is 138 Å². The Bertz CT molecular complexity index is 2230. The zero-order chi connectivity index (χ0) is 35.7. The second kappa shape index (κ2) is 11.6. The highest BCUT2D eigenvalue weighted by atomic mass is 35.5. The third-order valence-electron chi connectivity index (χ3n) is 13.1. The Kier molecular flexibility index (Phi) is 7.30. The minimum Gasteiger partial charge on any atom is -0.461 e. The molecule has 2 aliphatic carbocycles. The molecule has 10 nitrogen and oxygen atoms in total. The zero-order valence-electron chi connectivity index (χ0n) is 28.6. The Hall–Kier alpha value is -3.83. The summed E-state index contributed by atoms with van der Waals surface area (Å²) in [4.78, 5) is 30.2. The lowest BCUT2D eigenvalue weighted by Gasteiger charge is -2.31. The second-order valence-corrected chi connectivity index (χ2v) is 17.3. The van der Waals surface area contributed by atoms with E-state index < -0.39 is 17.2 Å². The average Bonchev–Trinajstić information content (AvgIpc) is 3.71. The van der Waals surface area contributed by atoms with Crippen LogP contribution in [0.2, 0.25) is 5.02 Å². The smallest absolute Gasteiger partial charge is 0.319 e. The molecule has 6 heterocycles. The van der Waals surface area contributed by atoms with Crippen LogP contribution in [0.3, 0.4) is 0 Å². The van der Waals surface area contributed by atoms with Gasteiger partial charge < -0.3 is 26.0 Å². The van der Waals surface area contributed by atoms with Crippen LogP contribution in [0.5, 0.6) is 6.01 Å². The molecule has 52 heavy (non-hydrogen) atoms. The van der Waals surface area contributed by atoms with Crippen LogP contribution >= 0.6 is 22.9 Å². The first-order valence-corrected chi connectivity index (χ1v) is 19.7. The summed E-state index contributed by atoms with van der Waals surface area (Å²) >= 11 is 7.91. The molecule has 14 heteroatoms. The quantitative estimate of drug-likeness (QED) is 0.226. The van der Waals surface area contributed by atoms with Crippen molar-refractivity contribution in [3.05, 3.63) is 40.4 Å². The highest BCUT2D eigenvalue weighted by Gasteiger charge is 2.64. The molecule has 0 spiro atoms. The minimum atomic E-state index is -0.753. The highest BCUT2D eigenvalue weighted by molar-refractivity contribution is 7.23. The van der Waals surface area contributed by atoms with Crippen LogP contribution in [0.1, 0.15) is 63.4 Å². The highest BCUT2D eigenvalue weighted by Crippen LogP contribution is 2.57. The number of nitrogen functional groups attached to an aromatic ring is 1. The Labute approximate surface area is 308 Å². The maximum Gasteiger partial charge on any atom is 0.319 e. The second-order valence-electron chi connectivity index (χ2n) is 15.8.